The number of hydrogen-bond acceptors (Lipinski definition) is 12. The van der Waals surface area contributed by atoms with Gasteiger partial charge in [-0.3, -0.25) is 29.1 Å². The van der Waals surface area contributed by atoms with Crippen molar-refractivity contribution in [2.45, 2.75) is 149 Å². The number of unbranched alkanes of at least 4 members (excludes halogenated alkanes) is 1. The monoisotopic (exact) mass is 1030 g/mol. The number of aryl methyl sites for hydroxylation is 2. The molecular weight excluding hydrogens is 962 g/mol. The van der Waals surface area contributed by atoms with Gasteiger partial charge in [-0.15, -0.1) is 11.3 Å². The number of aliphatic hydroxyl groups excluding tert-OH is 1. The predicted molar refractivity (Wildman–Crippen MR) is 283 cm³/mol. The van der Waals surface area contributed by atoms with Gasteiger partial charge in [0.25, 0.3) is 5.91 Å². The zero-order valence-electron chi connectivity index (χ0n) is 43.7. The number of nitrogens with zero attached hydrogens (tertiary/aromatic N) is 6. The molecule has 4 fully saturated rings. The molecule has 2 aromatic carbocycles. The Morgan fingerprint density at radius 2 is 1.66 bits per heavy atom. The minimum Gasteiger partial charge on any atom is -0.489 e. The first kappa shape index (κ1) is 53.8. The first-order chi connectivity index (χ1) is 34.5. The number of aromatic nitrogens is 2. The van der Waals surface area contributed by atoms with Crippen molar-refractivity contribution >= 4 is 46.6 Å². The van der Waals surface area contributed by atoms with E-state index in [1.165, 1.54) is 4.90 Å². The summed E-state index contributed by atoms with van der Waals surface area (Å²) in [6.45, 7) is 20.8. The minimum absolute atomic E-state index is 0.0154. The number of pyridine rings is 1. The van der Waals surface area contributed by atoms with E-state index >= 15 is 0 Å². The third-order valence-corrected chi connectivity index (χ3v) is 17.1. The van der Waals surface area contributed by atoms with Crippen LogP contribution in [0.15, 0.2) is 66.3 Å². The zero-order valence-corrected chi connectivity index (χ0v) is 45.3. The molecule has 3 saturated heterocycles. The highest BCUT2D eigenvalue weighted by Crippen LogP contribution is 2.55. The molecule has 0 radical (unpaired) electrons. The van der Waals surface area contributed by atoms with Gasteiger partial charge in [-0.2, -0.15) is 5.26 Å². The highest BCUT2D eigenvalue weighted by Gasteiger charge is 2.64. The Bertz CT molecular complexity index is 2670. The van der Waals surface area contributed by atoms with Crippen molar-refractivity contribution in [2.75, 3.05) is 32.7 Å². The van der Waals surface area contributed by atoms with Crippen LogP contribution >= 0.6 is 22.9 Å². The Balaban J connectivity index is 0.773. The van der Waals surface area contributed by atoms with Crippen LogP contribution in [0.2, 0.25) is 5.02 Å². The SMILES string of the molecule is Cc1ncsc1-c1ccc([C@H](C)NC(=O)[C@@H]2C[C@@H](O)CN2C(=O)[C@@H](NC(=O)CN2[C@H]3CC[C@H]2CN(CCCCc2ccc(C(=O)N[C@H]4C(C)(C)[C@H](Oc5ccc(C#N)c(Cl)c5)C4(C)C)cn2)C3)C(C)(C)C)cc1. The highest BCUT2D eigenvalue weighted by atomic mass is 35.5. The topological polar surface area (TPSA) is 193 Å². The molecule has 4 amide bonds. The highest BCUT2D eigenvalue weighted by molar-refractivity contribution is 7.13. The van der Waals surface area contributed by atoms with Gasteiger partial charge < -0.3 is 35.6 Å². The number of carbonyl (C=O) groups excluding carboxylic acids is 4. The van der Waals surface area contributed by atoms with Gasteiger partial charge in [-0.05, 0) is 93.3 Å². The van der Waals surface area contributed by atoms with Gasteiger partial charge in [-0.1, -0.05) is 84.3 Å². The van der Waals surface area contributed by atoms with Crippen molar-refractivity contribution in [1.29, 1.82) is 5.26 Å². The Kier molecular flexibility index (Phi) is 16.1. The van der Waals surface area contributed by atoms with Gasteiger partial charge in [0.2, 0.25) is 17.7 Å². The number of benzene rings is 2. The summed E-state index contributed by atoms with van der Waals surface area (Å²) in [6.07, 6.45) is 5.48. The summed E-state index contributed by atoms with van der Waals surface area (Å²) in [4.78, 5) is 71.9. The number of halogens is 1. The van der Waals surface area contributed by atoms with Crippen molar-refractivity contribution in [3.05, 3.63) is 99.4 Å². The Labute approximate surface area is 439 Å². The summed E-state index contributed by atoms with van der Waals surface area (Å²) in [6, 6.07) is 17.1. The number of ether oxygens (including phenoxy) is 1. The van der Waals surface area contributed by atoms with Gasteiger partial charge in [0.1, 0.15) is 30.0 Å². The molecule has 1 aliphatic carbocycles. The van der Waals surface area contributed by atoms with Crippen LogP contribution in [0.3, 0.4) is 0 Å². The van der Waals surface area contributed by atoms with E-state index in [-0.39, 0.29) is 84.2 Å². The number of amides is 4. The molecule has 2 bridgehead atoms. The van der Waals surface area contributed by atoms with Gasteiger partial charge >= 0.3 is 0 Å². The second-order valence-corrected chi connectivity index (χ2v) is 24.3. The van der Waals surface area contributed by atoms with Gasteiger partial charge in [0, 0.05) is 73.0 Å². The number of rotatable bonds is 17. The van der Waals surface area contributed by atoms with Crippen LogP contribution in [0, 0.1) is 34.5 Å². The van der Waals surface area contributed by atoms with Gasteiger partial charge in [-0.25, -0.2) is 4.98 Å². The van der Waals surface area contributed by atoms with Crippen molar-refractivity contribution < 1.29 is 29.0 Å². The maximum atomic E-state index is 14.4. The quantitative estimate of drug-likeness (QED) is 0.0766. The molecule has 3 aliphatic heterocycles. The Hall–Kier alpha value is -5.44. The molecule has 73 heavy (non-hydrogen) atoms. The third-order valence-electron chi connectivity index (χ3n) is 15.8. The normalized spacial score (nSPS) is 24.2. The number of fused-ring (bicyclic) bond motifs is 2. The molecule has 8 rings (SSSR count). The molecule has 4 aromatic rings. The molecule has 2 aromatic heterocycles. The van der Waals surface area contributed by atoms with Gasteiger partial charge in [0.05, 0.1) is 50.9 Å². The summed E-state index contributed by atoms with van der Waals surface area (Å²) in [5.41, 5.74) is 5.20. The van der Waals surface area contributed by atoms with E-state index in [1.54, 1.807) is 35.7 Å². The van der Waals surface area contributed by atoms with E-state index in [9.17, 15) is 29.5 Å². The fraction of sp³-hybridized carbons (Fsp3) is 0.554. The fourth-order valence-corrected chi connectivity index (χ4v) is 13.1. The van der Waals surface area contributed by atoms with Gasteiger partial charge in [0.15, 0.2) is 0 Å². The van der Waals surface area contributed by atoms with Crippen LogP contribution < -0.4 is 20.7 Å². The summed E-state index contributed by atoms with van der Waals surface area (Å²) in [5.74, 6) is -0.520. The number of hydrogen-bond donors (Lipinski definition) is 4. The number of nitriles is 1. The summed E-state index contributed by atoms with van der Waals surface area (Å²) in [7, 11) is 0. The molecule has 0 unspecified atom stereocenters. The fourth-order valence-electron chi connectivity index (χ4n) is 12.1. The van der Waals surface area contributed by atoms with Crippen molar-refractivity contribution in [3.63, 3.8) is 0 Å². The lowest BCUT2D eigenvalue weighted by molar-refractivity contribution is -0.164. The lowest BCUT2D eigenvalue weighted by atomic mass is 9.49. The van der Waals surface area contributed by atoms with E-state index in [1.807, 2.05) is 76.5 Å². The number of aliphatic hydroxyl groups is 1. The van der Waals surface area contributed by atoms with Crippen LogP contribution in [0.4, 0.5) is 0 Å². The lowest BCUT2D eigenvalue weighted by Crippen LogP contribution is -2.74. The largest absolute Gasteiger partial charge is 0.489 e. The number of likely N-dealkylation sites (tertiary alicyclic amines) is 2. The Morgan fingerprint density at radius 3 is 2.26 bits per heavy atom. The molecular formula is C56H72ClN9O6S. The lowest BCUT2D eigenvalue weighted by Gasteiger charge is -2.63. The summed E-state index contributed by atoms with van der Waals surface area (Å²) in [5, 5.41) is 29.8. The molecule has 5 heterocycles. The summed E-state index contributed by atoms with van der Waals surface area (Å²) < 4.78 is 6.38. The predicted octanol–water partition coefficient (Wildman–Crippen LogP) is 7.49. The molecule has 6 atom stereocenters. The van der Waals surface area contributed by atoms with Crippen molar-refractivity contribution in [2.24, 2.45) is 16.2 Å². The van der Waals surface area contributed by atoms with E-state index in [0.717, 1.165) is 79.1 Å². The molecule has 4 aliphatic rings. The van der Waals surface area contributed by atoms with E-state index in [4.69, 9.17) is 16.3 Å². The van der Waals surface area contributed by atoms with E-state index in [0.29, 0.717) is 21.9 Å². The van der Waals surface area contributed by atoms with Crippen LogP contribution in [-0.2, 0) is 20.8 Å². The first-order valence-corrected chi connectivity index (χ1v) is 27.0. The maximum absolute atomic E-state index is 14.4. The molecule has 17 heteroatoms. The number of carbonyl (C=O) groups is 4. The Morgan fingerprint density at radius 1 is 0.959 bits per heavy atom. The molecule has 15 nitrogen and oxygen atoms in total. The third kappa shape index (κ3) is 11.8. The zero-order chi connectivity index (χ0) is 52.6. The van der Waals surface area contributed by atoms with Crippen LogP contribution in [-0.4, -0.2) is 129 Å². The average molecular weight is 1030 g/mol. The number of β-amino-alcohol motifs (C(OH)–C–C–N with tert-alkyl or cyclic N) is 1. The average Bonchev–Trinajstić information content (AvgIpc) is 4.02. The van der Waals surface area contributed by atoms with E-state index in [2.05, 4.69) is 69.5 Å². The second kappa shape index (κ2) is 21.8. The summed E-state index contributed by atoms with van der Waals surface area (Å²) >= 11 is 7.85. The molecule has 390 valence electrons. The van der Waals surface area contributed by atoms with E-state index < -0.39 is 23.6 Å². The first-order valence-electron chi connectivity index (χ1n) is 25.7. The van der Waals surface area contributed by atoms with Crippen molar-refractivity contribution in [1.82, 2.24) is 40.6 Å². The molecule has 0 spiro atoms. The molecule has 1 saturated carbocycles. The van der Waals surface area contributed by atoms with Crippen LogP contribution in [0.25, 0.3) is 10.4 Å². The standard InChI is InChI=1S/C56H72ClN9O6S/c1-33(35-13-15-36(16-14-35)47-34(2)60-32-73-47)61-50(70)45-24-42(67)30-66(45)51(71)48(54(3,4)5)62-46(68)31-65-40-20-21-41(65)29-64(28-40)23-11-10-12-39-19-17-38(27-59-39)49(69)63-52-55(6,7)53(56(52,8)9)72-43-22-18-37(26-58)44(57)25-43/h13-19,22,25,27,32-33,40-42,45,48,52-53,67H,10-12,20-21,23-24,28-31H2,1-9H3,(H,61,70)(H,62,68)(H,63,69)/t33-,40-,41-,42+,45-,48+,52-,53-/m0/s1. The minimum atomic E-state index is -0.896. The van der Waals surface area contributed by atoms with Crippen LogP contribution in [0.1, 0.15) is 126 Å². The number of nitrogens with one attached hydrogen (secondary N) is 3. The number of thiazole rings is 1. The maximum Gasteiger partial charge on any atom is 0.253 e. The second-order valence-electron chi connectivity index (χ2n) is 23.0. The number of piperazine rings is 1. The smallest absolute Gasteiger partial charge is 0.253 e. The van der Waals surface area contributed by atoms with Crippen LogP contribution in [0.5, 0.6) is 5.75 Å². The molecule has 4 N–H and O–H groups in total. The van der Waals surface area contributed by atoms with Crippen molar-refractivity contribution in [3.8, 4) is 22.3 Å².